The van der Waals surface area contributed by atoms with E-state index in [1.807, 2.05) is 0 Å². The van der Waals surface area contributed by atoms with Crippen molar-refractivity contribution in [3.05, 3.63) is 0 Å². The van der Waals surface area contributed by atoms with Crippen molar-refractivity contribution < 1.29 is 15.0 Å². The highest BCUT2D eigenvalue weighted by atomic mass is 16.3. The zero-order chi connectivity index (χ0) is 40.0. The standard InChI is InChI=1S/C51H103NO3/c1-3-5-7-9-11-13-15-17-19-21-23-25-26-27-29-31-33-35-37-39-41-43-45-47-51(55)52-49(48-53)50(54)46-44-42-40-38-36-34-32-30-28-24-22-20-18-16-14-12-10-8-6-4-2/h49-50,53-54H,3-48H2,1-2H3,(H,52,55). The average Bonchev–Trinajstić information content (AvgIpc) is 3.19. The van der Waals surface area contributed by atoms with E-state index < -0.39 is 12.1 Å². The van der Waals surface area contributed by atoms with E-state index in [1.54, 1.807) is 0 Å². The first-order valence-electron chi connectivity index (χ1n) is 25.7. The first-order chi connectivity index (χ1) is 27.2. The first-order valence-corrected chi connectivity index (χ1v) is 25.7. The number of nitrogens with one attached hydrogen (secondary N) is 1. The minimum absolute atomic E-state index is 0.0231. The third-order valence-electron chi connectivity index (χ3n) is 12.4. The number of aliphatic hydroxyl groups is 2. The minimum atomic E-state index is -0.654. The second kappa shape index (κ2) is 47.8. The van der Waals surface area contributed by atoms with Gasteiger partial charge in [-0.15, -0.1) is 0 Å². The zero-order valence-electron chi connectivity index (χ0n) is 38.0. The molecular weight excluding hydrogens is 675 g/mol. The Bertz CT molecular complexity index is 714. The Morgan fingerprint density at radius 3 is 0.818 bits per heavy atom. The lowest BCUT2D eigenvalue weighted by molar-refractivity contribution is -0.123. The highest BCUT2D eigenvalue weighted by molar-refractivity contribution is 5.76. The topological polar surface area (TPSA) is 69.6 Å². The van der Waals surface area contributed by atoms with Crippen LogP contribution in [0.3, 0.4) is 0 Å². The van der Waals surface area contributed by atoms with Crippen LogP contribution in [-0.4, -0.2) is 34.9 Å². The number of aliphatic hydroxyl groups excluding tert-OH is 2. The Morgan fingerprint density at radius 1 is 0.364 bits per heavy atom. The molecule has 0 aliphatic heterocycles. The van der Waals surface area contributed by atoms with Crippen LogP contribution in [0.25, 0.3) is 0 Å². The summed E-state index contributed by atoms with van der Waals surface area (Å²) in [5, 5.41) is 23.3. The molecule has 4 nitrogen and oxygen atoms in total. The zero-order valence-corrected chi connectivity index (χ0v) is 38.0. The molecule has 0 saturated carbocycles. The lowest BCUT2D eigenvalue weighted by atomic mass is 10.0. The Kier molecular flexibility index (Phi) is 47.2. The van der Waals surface area contributed by atoms with E-state index in [0.29, 0.717) is 12.8 Å². The van der Waals surface area contributed by atoms with Gasteiger partial charge in [-0.1, -0.05) is 284 Å². The summed E-state index contributed by atoms with van der Waals surface area (Å²) in [6, 6.07) is -0.530. The molecular formula is C51H103NO3. The first kappa shape index (κ1) is 54.4. The van der Waals surface area contributed by atoms with Crippen LogP contribution in [0.15, 0.2) is 0 Å². The van der Waals surface area contributed by atoms with Gasteiger partial charge < -0.3 is 15.5 Å². The molecule has 0 bridgehead atoms. The summed E-state index contributed by atoms with van der Waals surface area (Å²) < 4.78 is 0. The maximum absolute atomic E-state index is 12.5. The molecule has 330 valence electrons. The van der Waals surface area contributed by atoms with Gasteiger partial charge >= 0.3 is 0 Å². The lowest BCUT2D eigenvalue weighted by Crippen LogP contribution is -2.45. The minimum Gasteiger partial charge on any atom is -0.394 e. The number of hydrogen-bond donors (Lipinski definition) is 3. The van der Waals surface area contributed by atoms with Gasteiger partial charge in [-0.25, -0.2) is 0 Å². The predicted octanol–water partition coefficient (Wildman–Crippen LogP) is 16.4. The van der Waals surface area contributed by atoms with Gasteiger partial charge in [0.2, 0.25) is 5.91 Å². The van der Waals surface area contributed by atoms with Gasteiger partial charge in [-0.2, -0.15) is 0 Å². The predicted molar refractivity (Wildman–Crippen MR) is 244 cm³/mol. The highest BCUT2D eigenvalue weighted by Gasteiger charge is 2.20. The molecule has 0 aromatic heterocycles. The van der Waals surface area contributed by atoms with E-state index in [1.165, 1.54) is 250 Å². The average molecular weight is 778 g/mol. The summed E-state index contributed by atoms with van der Waals surface area (Å²) in [5.74, 6) is -0.0231. The van der Waals surface area contributed by atoms with Gasteiger partial charge in [-0.05, 0) is 12.8 Å². The maximum atomic E-state index is 12.5. The molecule has 1 amide bonds. The third-order valence-corrected chi connectivity index (χ3v) is 12.4. The van der Waals surface area contributed by atoms with Crippen LogP contribution in [0, 0.1) is 0 Å². The fourth-order valence-corrected chi connectivity index (χ4v) is 8.42. The van der Waals surface area contributed by atoms with E-state index in [0.717, 1.165) is 25.7 Å². The summed E-state index contributed by atoms with van der Waals surface area (Å²) in [5.41, 5.74) is 0. The van der Waals surface area contributed by atoms with Crippen molar-refractivity contribution in [1.29, 1.82) is 0 Å². The smallest absolute Gasteiger partial charge is 0.220 e. The van der Waals surface area contributed by atoms with E-state index in [9.17, 15) is 15.0 Å². The van der Waals surface area contributed by atoms with Gasteiger partial charge in [0, 0.05) is 6.42 Å². The summed E-state index contributed by atoms with van der Waals surface area (Å²) in [7, 11) is 0. The molecule has 0 spiro atoms. The molecule has 0 radical (unpaired) electrons. The molecule has 0 saturated heterocycles. The number of unbranched alkanes of at least 4 members (excludes halogenated alkanes) is 41. The van der Waals surface area contributed by atoms with Crippen molar-refractivity contribution in [3.63, 3.8) is 0 Å². The second-order valence-corrected chi connectivity index (χ2v) is 18.0. The number of rotatable bonds is 48. The van der Waals surface area contributed by atoms with E-state index in [-0.39, 0.29) is 12.5 Å². The van der Waals surface area contributed by atoms with E-state index in [2.05, 4.69) is 19.2 Å². The summed E-state index contributed by atoms with van der Waals surface area (Å²) in [6.45, 7) is 4.40. The van der Waals surface area contributed by atoms with Crippen LogP contribution in [0.5, 0.6) is 0 Å². The maximum Gasteiger partial charge on any atom is 0.220 e. The van der Waals surface area contributed by atoms with Gasteiger partial charge in [0.15, 0.2) is 0 Å². The summed E-state index contributed by atoms with van der Waals surface area (Å²) in [4.78, 5) is 12.5. The molecule has 2 unspecified atom stereocenters. The molecule has 2 atom stereocenters. The fraction of sp³-hybridized carbons (Fsp3) is 0.980. The molecule has 0 rings (SSSR count). The number of carbonyl (C=O) groups is 1. The van der Waals surface area contributed by atoms with Gasteiger partial charge in [0.05, 0.1) is 18.8 Å². The monoisotopic (exact) mass is 778 g/mol. The van der Waals surface area contributed by atoms with Crippen LogP contribution in [0.2, 0.25) is 0 Å². The van der Waals surface area contributed by atoms with Gasteiger partial charge in [0.1, 0.15) is 0 Å². The van der Waals surface area contributed by atoms with E-state index >= 15 is 0 Å². The Labute approximate surface area is 346 Å². The van der Waals surface area contributed by atoms with Crippen LogP contribution < -0.4 is 5.32 Å². The number of amides is 1. The third kappa shape index (κ3) is 44.3. The van der Waals surface area contributed by atoms with Crippen molar-refractivity contribution in [3.8, 4) is 0 Å². The number of carbonyl (C=O) groups excluding carboxylic acids is 1. The molecule has 4 heteroatoms. The molecule has 0 aromatic carbocycles. The largest absolute Gasteiger partial charge is 0.394 e. The fourth-order valence-electron chi connectivity index (χ4n) is 8.42. The normalized spacial score (nSPS) is 12.7. The van der Waals surface area contributed by atoms with Crippen molar-refractivity contribution in [2.75, 3.05) is 6.61 Å². The van der Waals surface area contributed by atoms with Crippen LogP contribution in [0.4, 0.5) is 0 Å². The highest BCUT2D eigenvalue weighted by Crippen LogP contribution is 2.18. The second-order valence-electron chi connectivity index (χ2n) is 18.0. The SMILES string of the molecule is CCCCCCCCCCCCCCCCCCCCCCCCCC(=O)NC(CO)C(O)CCCCCCCCCCCCCCCCCCCCCC. The lowest BCUT2D eigenvalue weighted by Gasteiger charge is -2.22. The molecule has 0 aromatic rings. The Hall–Kier alpha value is -0.610. The summed E-state index contributed by atoms with van der Waals surface area (Å²) >= 11 is 0. The van der Waals surface area contributed by atoms with Crippen LogP contribution in [0.1, 0.15) is 303 Å². The molecule has 0 aliphatic carbocycles. The molecule has 0 aliphatic rings. The van der Waals surface area contributed by atoms with Crippen LogP contribution in [-0.2, 0) is 4.79 Å². The van der Waals surface area contributed by atoms with Crippen molar-refractivity contribution >= 4 is 5.91 Å². The van der Waals surface area contributed by atoms with Gasteiger partial charge in [-0.3, -0.25) is 4.79 Å². The quantitative estimate of drug-likeness (QED) is 0.0539. The summed E-state index contributed by atoms with van der Waals surface area (Å²) in [6.07, 6.45) is 59.2. The Morgan fingerprint density at radius 2 is 0.582 bits per heavy atom. The van der Waals surface area contributed by atoms with Crippen molar-refractivity contribution in [1.82, 2.24) is 5.32 Å². The number of hydrogen-bond acceptors (Lipinski definition) is 3. The molecule has 0 heterocycles. The molecule has 55 heavy (non-hydrogen) atoms. The Balaban J connectivity index is 3.42. The van der Waals surface area contributed by atoms with Crippen molar-refractivity contribution in [2.45, 2.75) is 315 Å². The van der Waals surface area contributed by atoms with E-state index in [4.69, 9.17) is 0 Å². The molecule has 0 fully saturated rings. The van der Waals surface area contributed by atoms with Crippen molar-refractivity contribution in [2.24, 2.45) is 0 Å². The van der Waals surface area contributed by atoms with Crippen LogP contribution >= 0.6 is 0 Å². The molecule has 3 N–H and O–H groups in total. The van der Waals surface area contributed by atoms with Gasteiger partial charge in [0.25, 0.3) is 0 Å².